The average Bonchev–Trinajstić information content (AvgIpc) is 3.41. The lowest BCUT2D eigenvalue weighted by Crippen LogP contribution is -2.27. The highest BCUT2D eigenvalue weighted by Gasteiger charge is 2.51. The van der Waals surface area contributed by atoms with Gasteiger partial charge in [-0.15, -0.1) is 0 Å². The number of carbonyl (C=O) groups is 1. The number of benzene rings is 3. The van der Waals surface area contributed by atoms with Crippen molar-refractivity contribution in [3.63, 3.8) is 0 Å². The Kier molecular flexibility index (Phi) is 3.98. The second kappa shape index (κ2) is 6.55. The maximum absolute atomic E-state index is 13.2. The van der Waals surface area contributed by atoms with Crippen LogP contribution in [0, 0.1) is 6.92 Å². The number of fused-ring (bicyclic) bond motifs is 1. The Hall–Kier alpha value is -3.47. The van der Waals surface area contributed by atoms with Crippen LogP contribution in [0.25, 0.3) is 11.1 Å². The Bertz CT molecular complexity index is 1120. The van der Waals surface area contributed by atoms with Gasteiger partial charge in [0.1, 0.15) is 5.75 Å². The largest absolute Gasteiger partial charge is 0.507 e. The molecule has 2 aliphatic rings. The molecule has 1 aliphatic heterocycles. The molecule has 146 valence electrons. The van der Waals surface area contributed by atoms with E-state index in [9.17, 15) is 9.90 Å². The first kappa shape index (κ1) is 17.6. The maximum atomic E-state index is 13.2. The van der Waals surface area contributed by atoms with Gasteiger partial charge in [-0.1, -0.05) is 30.3 Å². The number of aryl methyl sites for hydroxylation is 1. The molecule has 3 aromatic rings. The number of ether oxygens (including phenoxy) is 2. The predicted molar refractivity (Wildman–Crippen MR) is 110 cm³/mol. The molecule has 2 N–H and O–H groups in total. The fraction of sp³-hybridized carbons (Fsp3) is 0.208. The van der Waals surface area contributed by atoms with E-state index in [2.05, 4.69) is 5.32 Å². The van der Waals surface area contributed by atoms with Crippen LogP contribution < -0.4 is 14.8 Å². The lowest BCUT2D eigenvalue weighted by molar-refractivity contribution is -0.118. The third-order valence-corrected chi connectivity index (χ3v) is 5.80. The lowest BCUT2D eigenvalue weighted by Gasteiger charge is -2.17. The number of nitrogens with one attached hydrogen (secondary N) is 1. The monoisotopic (exact) mass is 387 g/mol. The fourth-order valence-electron chi connectivity index (χ4n) is 3.91. The number of aromatic hydroxyl groups is 1. The van der Waals surface area contributed by atoms with Gasteiger partial charge in [0.05, 0.1) is 5.41 Å². The highest BCUT2D eigenvalue weighted by atomic mass is 16.7. The molecule has 0 atom stereocenters. The SMILES string of the molecule is Cc1ccc(NC(=O)C2(c3ccc4c(c3)OCO4)CC2)cc1-c1ccccc1O. The van der Waals surface area contributed by atoms with Gasteiger partial charge in [0.25, 0.3) is 0 Å². The smallest absolute Gasteiger partial charge is 0.235 e. The third-order valence-electron chi connectivity index (χ3n) is 5.80. The molecule has 0 bridgehead atoms. The summed E-state index contributed by atoms with van der Waals surface area (Å²) in [6.07, 6.45) is 1.60. The number of carbonyl (C=O) groups excluding carboxylic acids is 1. The van der Waals surface area contributed by atoms with Crippen molar-refractivity contribution in [1.29, 1.82) is 0 Å². The minimum Gasteiger partial charge on any atom is -0.507 e. The van der Waals surface area contributed by atoms with Crippen LogP contribution in [0.4, 0.5) is 5.69 Å². The Morgan fingerprint density at radius 2 is 1.76 bits per heavy atom. The van der Waals surface area contributed by atoms with E-state index in [4.69, 9.17) is 9.47 Å². The quantitative estimate of drug-likeness (QED) is 0.677. The van der Waals surface area contributed by atoms with Gasteiger partial charge >= 0.3 is 0 Å². The topological polar surface area (TPSA) is 67.8 Å². The molecule has 1 heterocycles. The molecule has 1 amide bonds. The number of phenols is 1. The zero-order valence-electron chi connectivity index (χ0n) is 16.1. The number of hydrogen-bond donors (Lipinski definition) is 2. The van der Waals surface area contributed by atoms with Crippen LogP contribution in [-0.4, -0.2) is 17.8 Å². The number of para-hydroxylation sites is 1. The first-order valence-corrected chi connectivity index (χ1v) is 9.67. The molecule has 5 heteroatoms. The Labute approximate surface area is 168 Å². The fourth-order valence-corrected chi connectivity index (χ4v) is 3.91. The van der Waals surface area contributed by atoms with Crippen molar-refractivity contribution in [3.8, 4) is 28.4 Å². The van der Waals surface area contributed by atoms with Crippen LogP contribution in [0.1, 0.15) is 24.0 Å². The standard InChI is InChI=1S/C24H21NO4/c1-15-6-8-17(13-19(15)18-4-2-3-5-20(18)26)25-23(27)24(10-11-24)16-7-9-21-22(12-16)29-14-28-21/h2-9,12-13,26H,10-11,14H2,1H3,(H,25,27). The maximum Gasteiger partial charge on any atom is 0.235 e. The summed E-state index contributed by atoms with van der Waals surface area (Å²) >= 11 is 0. The molecule has 0 radical (unpaired) electrons. The molecule has 1 aliphatic carbocycles. The van der Waals surface area contributed by atoms with E-state index < -0.39 is 5.41 Å². The number of rotatable bonds is 4. The second-order valence-electron chi connectivity index (χ2n) is 7.65. The zero-order valence-corrected chi connectivity index (χ0v) is 16.1. The van der Waals surface area contributed by atoms with Crippen molar-refractivity contribution in [2.45, 2.75) is 25.2 Å². The van der Waals surface area contributed by atoms with Gasteiger partial charge in [0.15, 0.2) is 11.5 Å². The van der Waals surface area contributed by atoms with E-state index in [0.29, 0.717) is 11.4 Å². The van der Waals surface area contributed by atoms with Gasteiger partial charge in [-0.2, -0.15) is 0 Å². The van der Waals surface area contributed by atoms with Gasteiger partial charge in [0.2, 0.25) is 12.7 Å². The summed E-state index contributed by atoms with van der Waals surface area (Å²) in [5.74, 6) is 1.61. The van der Waals surface area contributed by atoms with E-state index in [1.807, 2.05) is 55.5 Å². The van der Waals surface area contributed by atoms with E-state index in [1.165, 1.54) is 0 Å². The van der Waals surface area contributed by atoms with Crippen molar-refractivity contribution >= 4 is 11.6 Å². The molecule has 3 aromatic carbocycles. The van der Waals surface area contributed by atoms with Gasteiger partial charge in [-0.05, 0) is 66.8 Å². The van der Waals surface area contributed by atoms with Crippen molar-refractivity contribution in [3.05, 3.63) is 71.8 Å². The van der Waals surface area contributed by atoms with E-state index >= 15 is 0 Å². The van der Waals surface area contributed by atoms with Crippen molar-refractivity contribution in [2.24, 2.45) is 0 Å². The first-order valence-electron chi connectivity index (χ1n) is 9.67. The number of anilines is 1. The van der Waals surface area contributed by atoms with Gasteiger partial charge in [0, 0.05) is 11.3 Å². The zero-order chi connectivity index (χ0) is 20.0. The van der Waals surface area contributed by atoms with Crippen LogP contribution >= 0.6 is 0 Å². The minimum absolute atomic E-state index is 0.0246. The molecule has 0 aromatic heterocycles. The highest BCUT2D eigenvalue weighted by molar-refractivity contribution is 6.02. The van der Waals surface area contributed by atoms with Crippen LogP contribution in [0.2, 0.25) is 0 Å². The van der Waals surface area contributed by atoms with Crippen molar-refractivity contribution in [2.75, 3.05) is 12.1 Å². The lowest BCUT2D eigenvalue weighted by atomic mass is 9.94. The van der Waals surface area contributed by atoms with Gasteiger partial charge in [-0.3, -0.25) is 4.79 Å². The van der Waals surface area contributed by atoms with Crippen LogP contribution in [0.5, 0.6) is 17.2 Å². The summed E-state index contributed by atoms with van der Waals surface area (Å²) in [5, 5.41) is 13.3. The molecule has 0 spiro atoms. The summed E-state index contributed by atoms with van der Waals surface area (Å²) in [7, 11) is 0. The summed E-state index contributed by atoms with van der Waals surface area (Å²) in [4.78, 5) is 13.2. The molecule has 0 unspecified atom stereocenters. The minimum atomic E-state index is -0.527. The number of amides is 1. The van der Waals surface area contributed by atoms with E-state index in [-0.39, 0.29) is 18.4 Å². The molecule has 5 nitrogen and oxygen atoms in total. The second-order valence-corrected chi connectivity index (χ2v) is 7.65. The summed E-state index contributed by atoms with van der Waals surface area (Å²) in [6.45, 7) is 2.21. The van der Waals surface area contributed by atoms with Gasteiger partial charge < -0.3 is 19.9 Å². The Morgan fingerprint density at radius 3 is 2.55 bits per heavy atom. The Morgan fingerprint density at radius 1 is 0.966 bits per heavy atom. The van der Waals surface area contributed by atoms with E-state index in [0.717, 1.165) is 40.8 Å². The molecule has 1 fully saturated rings. The summed E-state index contributed by atoms with van der Waals surface area (Å²) in [5.41, 5.74) is 3.81. The van der Waals surface area contributed by atoms with Gasteiger partial charge in [-0.25, -0.2) is 0 Å². The third kappa shape index (κ3) is 2.99. The molecule has 1 saturated carbocycles. The molecular weight excluding hydrogens is 366 g/mol. The summed E-state index contributed by atoms with van der Waals surface area (Å²) < 4.78 is 10.8. The average molecular weight is 387 g/mol. The number of phenolic OH excluding ortho intramolecular Hbond substituents is 1. The highest BCUT2D eigenvalue weighted by Crippen LogP contribution is 2.51. The van der Waals surface area contributed by atoms with E-state index in [1.54, 1.807) is 12.1 Å². The van der Waals surface area contributed by atoms with Crippen LogP contribution in [0.15, 0.2) is 60.7 Å². The van der Waals surface area contributed by atoms with Crippen LogP contribution in [0.3, 0.4) is 0 Å². The Balaban J connectivity index is 1.43. The van der Waals surface area contributed by atoms with Crippen LogP contribution in [-0.2, 0) is 10.2 Å². The summed E-state index contributed by atoms with van der Waals surface area (Å²) in [6, 6.07) is 18.7. The number of hydrogen-bond acceptors (Lipinski definition) is 4. The molecule has 0 saturated heterocycles. The van der Waals surface area contributed by atoms with Crippen molar-refractivity contribution < 1.29 is 19.4 Å². The molecule has 29 heavy (non-hydrogen) atoms. The van der Waals surface area contributed by atoms with Crippen molar-refractivity contribution in [1.82, 2.24) is 0 Å². The predicted octanol–water partition coefficient (Wildman–Crippen LogP) is 4.77. The molecular formula is C24H21NO4. The first-order chi connectivity index (χ1) is 14.1. The normalized spacial score (nSPS) is 15.8. The molecule has 5 rings (SSSR count).